The molecule has 19 heavy (non-hydrogen) atoms. The molecule has 0 saturated heterocycles. The van der Waals surface area contributed by atoms with E-state index < -0.39 is 10.0 Å². The molecule has 2 aromatic rings. The highest BCUT2D eigenvalue weighted by molar-refractivity contribution is 7.92. The molecule has 9 heteroatoms. The minimum Gasteiger partial charge on any atom is -0.326 e. The second-order valence-electron chi connectivity index (χ2n) is 3.54. The molecule has 1 heterocycles. The van der Waals surface area contributed by atoms with E-state index in [1.54, 1.807) is 6.07 Å². The number of nitrogens with one attached hydrogen (secondary N) is 1. The van der Waals surface area contributed by atoms with Crippen molar-refractivity contribution in [3.63, 3.8) is 0 Å². The van der Waals surface area contributed by atoms with Gasteiger partial charge in [0.1, 0.15) is 4.90 Å². The van der Waals surface area contributed by atoms with Crippen molar-refractivity contribution in [3.8, 4) is 0 Å². The van der Waals surface area contributed by atoms with Gasteiger partial charge >= 0.3 is 0 Å². The fourth-order valence-corrected chi connectivity index (χ4v) is 2.85. The van der Waals surface area contributed by atoms with Gasteiger partial charge in [-0.05, 0) is 17.7 Å². The Hall–Kier alpha value is -1.77. The lowest BCUT2D eigenvalue weighted by Gasteiger charge is -2.08. The van der Waals surface area contributed by atoms with Gasteiger partial charge in [-0.25, -0.2) is 18.1 Å². The molecule has 0 radical (unpaired) electrons. The Labute approximate surface area is 114 Å². The molecular formula is C10H10ClN5O2S. The number of benzene rings is 1. The van der Waals surface area contributed by atoms with E-state index in [-0.39, 0.29) is 22.4 Å². The van der Waals surface area contributed by atoms with Gasteiger partial charge in [-0.1, -0.05) is 17.7 Å². The van der Waals surface area contributed by atoms with E-state index in [0.717, 1.165) is 0 Å². The summed E-state index contributed by atoms with van der Waals surface area (Å²) in [5, 5.41) is 7.16. The highest BCUT2D eigenvalue weighted by Crippen LogP contribution is 2.23. The standard InChI is InChI=1S/C10H10ClN5O2S/c11-8-2-1-7(6-12)5-9(8)19(17,18)16-10-13-3-4-14-15-10/h1-5H,6,12H2,(H,13,15,16). The lowest BCUT2D eigenvalue weighted by atomic mass is 10.2. The number of aromatic nitrogens is 3. The third-order valence-corrected chi connectivity index (χ3v) is 4.04. The van der Waals surface area contributed by atoms with Gasteiger partial charge < -0.3 is 5.73 Å². The molecule has 1 aromatic carbocycles. The number of anilines is 1. The Bertz CT molecular complexity index is 678. The first-order valence-corrected chi connectivity index (χ1v) is 7.04. The largest absolute Gasteiger partial charge is 0.326 e. The Morgan fingerprint density at radius 1 is 1.32 bits per heavy atom. The topological polar surface area (TPSA) is 111 Å². The molecule has 0 aliphatic heterocycles. The number of hydrogen-bond donors (Lipinski definition) is 2. The Kier molecular flexibility index (Phi) is 3.93. The molecule has 100 valence electrons. The average Bonchev–Trinajstić information content (AvgIpc) is 2.39. The zero-order chi connectivity index (χ0) is 13.9. The molecule has 0 saturated carbocycles. The van der Waals surface area contributed by atoms with Crippen LogP contribution < -0.4 is 10.5 Å². The number of nitrogens with two attached hydrogens (primary N) is 1. The first-order valence-electron chi connectivity index (χ1n) is 5.18. The maximum Gasteiger partial charge on any atom is 0.265 e. The maximum atomic E-state index is 12.1. The van der Waals surface area contributed by atoms with Crippen LogP contribution in [0.15, 0.2) is 35.5 Å². The van der Waals surface area contributed by atoms with Gasteiger partial charge in [0.2, 0.25) is 0 Å². The third-order valence-electron chi connectivity index (χ3n) is 2.23. The smallest absolute Gasteiger partial charge is 0.265 e. The van der Waals surface area contributed by atoms with E-state index in [1.165, 1.54) is 24.5 Å². The predicted molar refractivity (Wildman–Crippen MR) is 70.0 cm³/mol. The highest BCUT2D eigenvalue weighted by atomic mass is 35.5. The molecule has 0 unspecified atom stereocenters. The molecule has 7 nitrogen and oxygen atoms in total. The fourth-order valence-electron chi connectivity index (χ4n) is 1.35. The Balaban J connectivity index is 2.39. The molecule has 0 spiro atoms. The maximum absolute atomic E-state index is 12.1. The van der Waals surface area contributed by atoms with E-state index in [0.29, 0.717) is 5.56 Å². The molecule has 0 amide bonds. The van der Waals surface area contributed by atoms with Crippen LogP contribution in [-0.2, 0) is 16.6 Å². The molecule has 0 aliphatic rings. The molecule has 0 bridgehead atoms. The van der Waals surface area contributed by atoms with E-state index in [1.807, 2.05) is 0 Å². The summed E-state index contributed by atoms with van der Waals surface area (Å²) in [7, 11) is -3.88. The van der Waals surface area contributed by atoms with Crippen molar-refractivity contribution in [1.82, 2.24) is 15.2 Å². The van der Waals surface area contributed by atoms with Crippen LogP contribution >= 0.6 is 11.6 Å². The van der Waals surface area contributed by atoms with Gasteiger partial charge in [0.25, 0.3) is 16.0 Å². The molecule has 3 N–H and O–H groups in total. The first-order chi connectivity index (χ1) is 9.03. The number of rotatable bonds is 4. The highest BCUT2D eigenvalue weighted by Gasteiger charge is 2.19. The van der Waals surface area contributed by atoms with E-state index >= 15 is 0 Å². The molecule has 0 atom stereocenters. The monoisotopic (exact) mass is 299 g/mol. The Morgan fingerprint density at radius 2 is 2.11 bits per heavy atom. The molecular weight excluding hydrogens is 290 g/mol. The van der Waals surface area contributed by atoms with E-state index in [9.17, 15) is 8.42 Å². The van der Waals surface area contributed by atoms with Crippen molar-refractivity contribution >= 4 is 27.6 Å². The van der Waals surface area contributed by atoms with E-state index in [2.05, 4.69) is 19.9 Å². The molecule has 1 aromatic heterocycles. The number of hydrogen-bond acceptors (Lipinski definition) is 6. The van der Waals surface area contributed by atoms with Crippen LogP contribution in [0.4, 0.5) is 5.95 Å². The molecule has 2 rings (SSSR count). The summed E-state index contributed by atoms with van der Waals surface area (Å²) in [6.45, 7) is 0.211. The summed E-state index contributed by atoms with van der Waals surface area (Å²) in [4.78, 5) is 3.65. The van der Waals surface area contributed by atoms with E-state index in [4.69, 9.17) is 17.3 Å². The van der Waals surface area contributed by atoms with Crippen molar-refractivity contribution in [3.05, 3.63) is 41.2 Å². The number of nitrogens with zero attached hydrogens (tertiary/aromatic N) is 3. The van der Waals surface area contributed by atoms with Crippen molar-refractivity contribution in [2.24, 2.45) is 5.73 Å². The minimum absolute atomic E-state index is 0.0791. The van der Waals surface area contributed by atoms with Crippen LogP contribution in [0.3, 0.4) is 0 Å². The van der Waals surface area contributed by atoms with Crippen LogP contribution in [0.1, 0.15) is 5.56 Å². The van der Waals surface area contributed by atoms with Crippen molar-refractivity contribution in [2.75, 3.05) is 4.72 Å². The van der Waals surface area contributed by atoms with Gasteiger partial charge in [-0.15, -0.1) is 5.10 Å². The Morgan fingerprint density at radius 3 is 2.74 bits per heavy atom. The second kappa shape index (κ2) is 5.47. The SMILES string of the molecule is NCc1ccc(Cl)c(S(=O)(=O)Nc2nccnn2)c1. The fraction of sp³-hybridized carbons (Fsp3) is 0.100. The van der Waals surface area contributed by atoms with Crippen LogP contribution in [0.2, 0.25) is 5.02 Å². The lowest BCUT2D eigenvalue weighted by molar-refractivity contribution is 0.600. The second-order valence-corrected chi connectivity index (χ2v) is 5.60. The first kappa shape index (κ1) is 13.7. The van der Waals surface area contributed by atoms with Crippen molar-refractivity contribution in [1.29, 1.82) is 0 Å². The lowest BCUT2D eigenvalue weighted by Crippen LogP contribution is -2.16. The summed E-state index contributed by atoms with van der Waals surface area (Å²) >= 11 is 5.89. The van der Waals surface area contributed by atoms with Gasteiger partial charge in [0.15, 0.2) is 0 Å². The third kappa shape index (κ3) is 3.16. The summed E-state index contributed by atoms with van der Waals surface area (Å²) in [6, 6.07) is 4.53. The van der Waals surface area contributed by atoms with Crippen LogP contribution in [0.25, 0.3) is 0 Å². The predicted octanol–water partition coefficient (Wildman–Crippen LogP) is 0.785. The average molecular weight is 300 g/mol. The number of halogens is 1. The molecule has 0 aliphatic carbocycles. The minimum atomic E-state index is -3.88. The summed E-state index contributed by atoms with van der Waals surface area (Å²) < 4.78 is 26.5. The van der Waals surface area contributed by atoms with Crippen molar-refractivity contribution < 1.29 is 8.42 Å². The normalized spacial score (nSPS) is 11.3. The summed E-state index contributed by atoms with van der Waals surface area (Å²) in [6.07, 6.45) is 2.66. The molecule has 0 fully saturated rings. The van der Waals surface area contributed by atoms with Gasteiger partial charge in [-0.3, -0.25) is 0 Å². The summed E-state index contributed by atoms with van der Waals surface area (Å²) in [5.41, 5.74) is 6.12. The quantitative estimate of drug-likeness (QED) is 0.863. The van der Waals surface area contributed by atoms with Crippen LogP contribution in [0.5, 0.6) is 0 Å². The van der Waals surface area contributed by atoms with Crippen LogP contribution in [0, 0.1) is 0 Å². The van der Waals surface area contributed by atoms with Crippen LogP contribution in [-0.4, -0.2) is 23.6 Å². The van der Waals surface area contributed by atoms with Gasteiger partial charge in [0.05, 0.1) is 17.4 Å². The number of sulfonamides is 1. The van der Waals surface area contributed by atoms with Crippen molar-refractivity contribution in [2.45, 2.75) is 11.4 Å². The summed E-state index contributed by atoms with van der Waals surface area (Å²) in [5.74, 6) is -0.128. The zero-order valence-electron chi connectivity index (χ0n) is 9.62. The van der Waals surface area contributed by atoms with Gasteiger partial charge in [-0.2, -0.15) is 5.10 Å². The van der Waals surface area contributed by atoms with Gasteiger partial charge in [0, 0.05) is 6.54 Å². The zero-order valence-corrected chi connectivity index (χ0v) is 11.2.